The third-order valence-corrected chi connectivity index (χ3v) is 3.23. The number of rotatable bonds is 2. The summed E-state index contributed by atoms with van der Waals surface area (Å²) in [7, 11) is 2.16. The summed E-state index contributed by atoms with van der Waals surface area (Å²) in [6, 6.07) is 0. The molecular weight excluding hydrogens is 191 g/mol. The smallest absolute Gasteiger partial charge is 0.306 e. The Hall–Kier alpha value is -0.470. The molecule has 13 heavy (non-hydrogen) atoms. The fourth-order valence-electron chi connectivity index (χ4n) is 2.23. The lowest BCUT2D eigenvalue weighted by Gasteiger charge is -2.14. The molecule has 0 radical (unpaired) electrons. The summed E-state index contributed by atoms with van der Waals surface area (Å²) in [5, 5.41) is 0. The van der Waals surface area contributed by atoms with Crippen LogP contribution >= 0.6 is 9.47 Å². The average Bonchev–Trinajstić information content (AvgIpc) is 2.59. The molecule has 0 amide bonds. The minimum Gasteiger partial charge on any atom is -0.462 e. The van der Waals surface area contributed by atoms with Crippen molar-refractivity contribution in [1.29, 1.82) is 0 Å². The molecular formula is C8H11O4P. The van der Waals surface area contributed by atoms with E-state index in [1.165, 1.54) is 0 Å². The molecule has 2 aliphatic rings. The van der Waals surface area contributed by atoms with E-state index in [1.54, 1.807) is 0 Å². The van der Waals surface area contributed by atoms with Crippen LogP contribution in [0.15, 0.2) is 0 Å². The Bertz CT molecular complexity index is 242. The maximum atomic E-state index is 10.9. The lowest BCUT2D eigenvalue weighted by molar-refractivity contribution is -0.141. The highest BCUT2D eigenvalue weighted by Gasteiger charge is 2.50. The summed E-state index contributed by atoms with van der Waals surface area (Å²) in [5.74, 6) is -0.339. The van der Waals surface area contributed by atoms with Crippen LogP contribution in [0.2, 0.25) is 0 Å². The first-order valence-electron chi connectivity index (χ1n) is 4.26. The predicted octanol–water partition coefficient (Wildman–Crippen LogP) is 0.312. The second-order valence-corrected chi connectivity index (χ2v) is 3.79. The zero-order valence-electron chi connectivity index (χ0n) is 7.01. The lowest BCUT2D eigenvalue weighted by atomic mass is 9.94. The summed E-state index contributed by atoms with van der Waals surface area (Å²) in [5.41, 5.74) is 0. The molecule has 5 heteroatoms. The van der Waals surface area contributed by atoms with Crippen LogP contribution in [0.1, 0.15) is 12.8 Å². The van der Waals surface area contributed by atoms with Gasteiger partial charge in [0, 0.05) is 27.7 Å². The number of hydrogen-bond donors (Lipinski definition) is 0. The van der Waals surface area contributed by atoms with Gasteiger partial charge in [0.15, 0.2) is 0 Å². The van der Waals surface area contributed by atoms with Crippen LogP contribution in [0.3, 0.4) is 0 Å². The van der Waals surface area contributed by atoms with Gasteiger partial charge in [0.2, 0.25) is 0 Å². The minimum atomic E-state index is -0.191. The molecule has 0 aromatic rings. The standard InChI is InChI=1S/C8H11O4P/c9-3-5-4-1-8(10)11-6(4)2-7(5)12-13/h3-7H,1-2,13H2. The van der Waals surface area contributed by atoms with Crippen LogP contribution in [0.4, 0.5) is 0 Å². The second-order valence-electron chi connectivity index (χ2n) is 3.52. The number of hydrogen-bond acceptors (Lipinski definition) is 4. The molecule has 0 N–H and O–H groups in total. The number of fused-ring (bicyclic) bond motifs is 1. The van der Waals surface area contributed by atoms with Crippen molar-refractivity contribution in [3.63, 3.8) is 0 Å². The van der Waals surface area contributed by atoms with Gasteiger partial charge in [-0.05, 0) is 0 Å². The fourth-order valence-corrected chi connectivity index (χ4v) is 2.52. The second kappa shape index (κ2) is 3.35. The molecule has 4 nitrogen and oxygen atoms in total. The first-order valence-corrected chi connectivity index (χ1v) is 4.73. The monoisotopic (exact) mass is 202 g/mol. The molecule has 1 saturated carbocycles. The lowest BCUT2D eigenvalue weighted by Crippen LogP contribution is -2.21. The first-order chi connectivity index (χ1) is 6.26. The van der Waals surface area contributed by atoms with Crippen LogP contribution in [-0.2, 0) is 18.8 Å². The van der Waals surface area contributed by atoms with Crippen LogP contribution in [0.25, 0.3) is 0 Å². The summed E-state index contributed by atoms with van der Waals surface area (Å²) in [4.78, 5) is 21.7. The first kappa shape index (κ1) is 9.10. The normalized spacial score (nSPS) is 43.0. The number of ether oxygens (including phenoxy) is 1. The van der Waals surface area contributed by atoms with E-state index in [1.807, 2.05) is 0 Å². The van der Waals surface area contributed by atoms with Crippen molar-refractivity contribution in [2.45, 2.75) is 25.0 Å². The highest BCUT2D eigenvalue weighted by molar-refractivity contribution is 7.09. The van der Waals surface area contributed by atoms with Gasteiger partial charge in [-0.3, -0.25) is 4.79 Å². The summed E-state index contributed by atoms with van der Waals surface area (Å²) in [6.07, 6.45) is 1.67. The van der Waals surface area contributed by atoms with Crippen molar-refractivity contribution in [3.8, 4) is 0 Å². The van der Waals surface area contributed by atoms with E-state index >= 15 is 0 Å². The van der Waals surface area contributed by atoms with E-state index in [-0.39, 0.29) is 30.0 Å². The van der Waals surface area contributed by atoms with Gasteiger partial charge in [-0.1, -0.05) is 0 Å². The van der Waals surface area contributed by atoms with Gasteiger partial charge in [-0.25, -0.2) is 0 Å². The molecule has 1 aliphatic carbocycles. The van der Waals surface area contributed by atoms with Crippen molar-refractivity contribution in [2.24, 2.45) is 11.8 Å². The Labute approximate surface area is 78.2 Å². The van der Waals surface area contributed by atoms with E-state index < -0.39 is 0 Å². The molecule has 0 aromatic carbocycles. The third kappa shape index (κ3) is 1.38. The van der Waals surface area contributed by atoms with Gasteiger partial charge in [0.05, 0.1) is 12.5 Å². The SMILES string of the molecule is O=CC1C(OP)CC2OC(=O)CC21. The zero-order valence-corrected chi connectivity index (χ0v) is 8.17. The molecule has 0 spiro atoms. The van der Waals surface area contributed by atoms with Crippen molar-refractivity contribution in [2.75, 3.05) is 0 Å². The highest BCUT2D eigenvalue weighted by Crippen LogP contribution is 2.42. The Kier molecular flexibility index (Phi) is 2.35. The number of carbonyl (C=O) groups excluding carboxylic acids is 2. The quantitative estimate of drug-likeness (QED) is 0.367. The molecule has 0 bridgehead atoms. The Balaban J connectivity index is 2.14. The topological polar surface area (TPSA) is 52.6 Å². The molecule has 0 aromatic heterocycles. The molecule has 5 atom stereocenters. The van der Waals surface area contributed by atoms with Gasteiger partial charge in [-0.2, -0.15) is 0 Å². The maximum absolute atomic E-state index is 10.9. The molecule has 72 valence electrons. The highest BCUT2D eigenvalue weighted by atomic mass is 31.0. The Morgan fingerprint density at radius 1 is 1.62 bits per heavy atom. The van der Waals surface area contributed by atoms with Crippen molar-refractivity contribution in [1.82, 2.24) is 0 Å². The third-order valence-electron chi connectivity index (χ3n) is 2.88. The summed E-state index contributed by atoms with van der Waals surface area (Å²) >= 11 is 0. The van der Waals surface area contributed by atoms with Crippen LogP contribution in [0.5, 0.6) is 0 Å². The van der Waals surface area contributed by atoms with E-state index in [4.69, 9.17) is 9.26 Å². The van der Waals surface area contributed by atoms with Gasteiger partial charge in [-0.15, -0.1) is 0 Å². The predicted molar refractivity (Wildman–Crippen MR) is 46.7 cm³/mol. The number of esters is 1. The van der Waals surface area contributed by atoms with Crippen molar-refractivity contribution >= 4 is 21.7 Å². The van der Waals surface area contributed by atoms with Crippen molar-refractivity contribution in [3.05, 3.63) is 0 Å². The minimum absolute atomic E-state index is 0.0375. The molecule has 2 fully saturated rings. The number of aldehydes is 1. The Morgan fingerprint density at radius 2 is 2.38 bits per heavy atom. The van der Waals surface area contributed by atoms with E-state index in [2.05, 4.69) is 9.47 Å². The van der Waals surface area contributed by atoms with Gasteiger partial charge in [0.1, 0.15) is 12.4 Å². The Morgan fingerprint density at radius 3 is 3.00 bits per heavy atom. The molecule has 1 saturated heterocycles. The van der Waals surface area contributed by atoms with E-state index in [0.717, 1.165) is 6.29 Å². The van der Waals surface area contributed by atoms with E-state index in [9.17, 15) is 9.59 Å². The number of carbonyl (C=O) groups is 2. The molecule has 1 aliphatic heterocycles. The fraction of sp³-hybridized carbons (Fsp3) is 0.750. The van der Waals surface area contributed by atoms with Gasteiger partial charge < -0.3 is 14.1 Å². The molecule has 1 heterocycles. The van der Waals surface area contributed by atoms with Crippen LogP contribution in [-0.4, -0.2) is 24.5 Å². The van der Waals surface area contributed by atoms with E-state index in [0.29, 0.717) is 12.8 Å². The van der Waals surface area contributed by atoms with Crippen molar-refractivity contribution < 1.29 is 18.8 Å². The van der Waals surface area contributed by atoms with Crippen LogP contribution in [0, 0.1) is 11.8 Å². The van der Waals surface area contributed by atoms with Crippen LogP contribution < -0.4 is 0 Å². The largest absolute Gasteiger partial charge is 0.462 e. The summed E-state index contributed by atoms with van der Waals surface area (Å²) < 4.78 is 10.1. The molecule has 2 rings (SSSR count). The van der Waals surface area contributed by atoms with Gasteiger partial charge >= 0.3 is 5.97 Å². The van der Waals surface area contributed by atoms with Gasteiger partial charge in [0.25, 0.3) is 0 Å². The zero-order chi connectivity index (χ0) is 9.42. The molecule has 5 unspecified atom stereocenters. The average molecular weight is 202 g/mol. The maximum Gasteiger partial charge on any atom is 0.306 e. The summed E-state index contributed by atoms with van der Waals surface area (Å²) in [6.45, 7) is 0.